The predicted molar refractivity (Wildman–Crippen MR) is 119 cm³/mol. The molecule has 3 nitrogen and oxygen atoms in total. The number of rotatable bonds is 22. The van der Waals surface area contributed by atoms with Crippen LogP contribution in [0.15, 0.2) is 0 Å². The Morgan fingerprint density at radius 2 is 0.786 bits per heavy atom. The van der Waals surface area contributed by atoms with Crippen molar-refractivity contribution in [3.05, 3.63) is 0 Å². The summed E-state index contributed by atoms with van der Waals surface area (Å²) in [4.78, 5) is 0. The van der Waals surface area contributed by atoms with Crippen molar-refractivity contribution in [3.8, 4) is 0 Å². The maximum atomic E-state index is 14.4. The SMILES string of the molecule is CCCCCC[O][Ti](=[O])([CH2]CCCCC)([CH2]CCCCC)[O]CCCCCC. The van der Waals surface area contributed by atoms with E-state index in [-0.39, 0.29) is 0 Å². The van der Waals surface area contributed by atoms with E-state index >= 15 is 0 Å². The van der Waals surface area contributed by atoms with Crippen LogP contribution in [0, 0.1) is 0 Å². The molecule has 170 valence electrons. The fraction of sp³-hybridized carbons (Fsp3) is 1.00. The van der Waals surface area contributed by atoms with Crippen molar-refractivity contribution in [3.63, 3.8) is 0 Å². The Hall–Kier alpha value is 0.434. The van der Waals surface area contributed by atoms with Crippen LogP contribution in [0.25, 0.3) is 0 Å². The van der Waals surface area contributed by atoms with Crippen LogP contribution in [0.5, 0.6) is 0 Å². The molecule has 0 aliphatic rings. The third kappa shape index (κ3) is 14.4. The summed E-state index contributed by atoms with van der Waals surface area (Å²) >= 11 is -4.57. The van der Waals surface area contributed by atoms with E-state index in [2.05, 4.69) is 27.7 Å². The van der Waals surface area contributed by atoms with Crippen LogP contribution < -0.4 is 0 Å². The van der Waals surface area contributed by atoms with E-state index in [0.29, 0.717) is 22.7 Å². The molecule has 0 heterocycles. The molecule has 4 heteroatoms. The average Bonchev–Trinajstić information content (AvgIpc) is 2.69. The Kier molecular flexibility index (Phi) is 18.5. The first-order valence-corrected chi connectivity index (χ1v) is 16.8. The van der Waals surface area contributed by atoms with Gasteiger partial charge in [-0.05, 0) is 0 Å². The van der Waals surface area contributed by atoms with Gasteiger partial charge in [-0.15, -0.1) is 0 Å². The molecular weight excluding hydrogens is 384 g/mol. The number of hydrogen-bond donors (Lipinski definition) is 0. The summed E-state index contributed by atoms with van der Waals surface area (Å²) in [5.74, 6) is 0. The molecule has 0 N–H and O–H groups in total. The van der Waals surface area contributed by atoms with Gasteiger partial charge < -0.3 is 0 Å². The van der Waals surface area contributed by atoms with Gasteiger partial charge in [0.05, 0.1) is 0 Å². The molecule has 0 saturated heterocycles. The molecule has 0 spiro atoms. The van der Waals surface area contributed by atoms with Crippen LogP contribution in [-0.2, 0) is 26.0 Å². The van der Waals surface area contributed by atoms with Gasteiger partial charge in [0.25, 0.3) is 0 Å². The first-order valence-electron chi connectivity index (χ1n) is 12.7. The van der Waals surface area contributed by atoms with E-state index < -0.39 is 16.1 Å². The first-order chi connectivity index (χ1) is 13.5. The van der Waals surface area contributed by atoms with Crippen molar-refractivity contribution in [2.24, 2.45) is 0 Å². The maximum absolute atomic E-state index is 14.4. The minimum atomic E-state index is -4.57. The zero-order valence-corrected chi connectivity index (χ0v) is 21.4. The van der Waals surface area contributed by atoms with Crippen molar-refractivity contribution in [2.45, 2.75) is 140 Å². The Morgan fingerprint density at radius 1 is 0.464 bits per heavy atom. The van der Waals surface area contributed by atoms with E-state index in [1.807, 2.05) is 0 Å². The van der Waals surface area contributed by atoms with Gasteiger partial charge in [0.15, 0.2) is 0 Å². The molecular formula is C24H52O3Ti. The van der Waals surface area contributed by atoms with Crippen molar-refractivity contribution >= 4 is 0 Å². The normalized spacial score (nSPS) is 12.6. The molecule has 0 atom stereocenters. The van der Waals surface area contributed by atoms with Gasteiger partial charge in [-0.1, -0.05) is 0 Å². The molecule has 0 radical (unpaired) electrons. The van der Waals surface area contributed by atoms with Gasteiger partial charge in [0.1, 0.15) is 0 Å². The summed E-state index contributed by atoms with van der Waals surface area (Å²) < 4.78 is 28.5. The van der Waals surface area contributed by atoms with Crippen LogP contribution in [0.3, 0.4) is 0 Å². The van der Waals surface area contributed by atoms with Crippen LogP contribution >= 0.6 is 0 Å². The first kappa shape index (κ1) is 28.4. The van der Waals surface area contributed by atoms with Gasteiger partial charge >= 0.3 is 179 Å². The molecule has 0 bridgehead atoms. The molecule has 0 saturated carbocycles. The molecule has 0 fully saturated rings. The Morgan fingerprint density at radius 3 is 1.11 bits per heavy atom. The second kappa shape index (κ2) is 18.2. The van der Waals surface area contributed by atoms with Gasteiger partial charge in [-0.3, -0.25) is 0 Å². The molecule has 0 aromatic carbocycles. The zero-order valence-electron chi connectivity index (χ0n) is 19.9. The van der Waals surface area contributed by atoms with Gasteiger partial charge in [0.2, 0.25) is 0 Å². The fourth-order valence-corrected chi connectivity index (χ4v) is 10.1. The molecule has 0 rings (SSSR count). The number of unbranched alkanes of at least 4 members (excludes halogenated alkanes) is 12. The quantitative estimate of drug-likeness (QED) is 0.125. The third-order valence-corrected chi connectivity index (χ3v) is 12.6. The van der Waals surface area contributed by atoms with Crippen molar-refractivity contribution in [2.75, 3.05) is 13.2 Å². The summed E-state index contributed by atoms with van der Waals surface area (Å²) in [6, 6.07) is 0. The third-order valence-electron chi connectivity index (χ3n) is 5.87. The van der Waals surface area contributed by atoms with Crippen molar-refractivity contribution in [1.29, 1.82) is 0 Å². The standard InChI is InChI=1S/2C6H13O.2C6H13.O.Ti/c2*1-2-3-4-5-6-7;2*1-3-5-6-4-2;;/h2*2-6H2,1H3;2*1,3-6H2,2H3;;/q2*-1;;;;+2. The van der Waals surface area contributed by atoms with E-state index in [1.165, 1.54) is 64.2 Å². The molecule has 0 aromatic rings. The van der Waals surface area contributed by atoms with Gasteiger partial charge in [-0.25, -0.2) is 0 Å². The van der Waals surface area contributed by atoms with E-state index in [0.717, 1.165) is 38.5 Å². The molecule has 0 aliphatic heterocycles. The van der Waals surface area contributed by atoms with E-state index in [4.69, 9.17) is 6.64 Å². The molecule has 0 aromatic heterocycles. The topological polar surface area (TPSA) is 35.5 Å². The Labute approximate surface area is 178 Å². The van der Waals surface area contributed by atoms with E-state index in [1.54, 1.807) is 0 Å². The molecule has 0 aliphatic carbocycles. The summed E-state index contributed by atoms with van der Waals surface area (Å²) in [5.41, 5.74) is 0. The Balaban J connectivity index is 4.98. The molecule has 28 heavy (non-hydrogen) atoms. The van der Waals surface area contributed by atoms with Gasteiger partial charge in [-0.2, -0.15) is 0 Å². The van der Waals surface area contributed by atoms with Gasteiger partial charge in [0, 0.05) is 0 Å². The predicted octanol–water partition coefficient (Wildman–Crippen LogP) is 9.04. The van der Waals surface area contributed by atoms with Crippen LogP contribution in [0.1, 0.15) is 130 Å². The molecule has 0 amide bonds. The summed E-state index contributed by atoms with van der Waals surface area (Å²) in [6.45, 7) is 10.1. The van der Waals surface area contributed by atoms with Crippen LogP contribution in [0.2, 0.25) is 9.45 Å². The van der Waals surface area contributed by atoms with Crippen LogP contribution in [-0.4, -0.2) is 13.2 Å². The zero-order chi connectivity index (χ0) is 21.0. The summed E-state index contributed by atoms with van der Waals surface area (Å²) in [5, 5.41) is 0. The Bertz CT molecular complexity index is 359. The number of hydrogen-bond acceptors (Lipinski definition) is 3. The van der Waals surface area contributed by atoms with Crippen molar-refractivity contribution in [1.82, 2.24) is 0 Å². The second-order valence-corrected chi connectivity index (χ2v) is 15.5. The second-order valence-electron chi connectivity index (χ2n) is 8.81. The van der Waals surface area contributed by atoms with Crippen LogP contribution in [0.4, 0.5) is 0 Å². The summed E-state index contributed by atoms with van der Waals surface area (Å²) in [6.07, 6.45) is 18.4. The van der Waals surface area contributed by atoms with Crippen molar-refractivity contribution < 1.29 is 26.0 Å². The fourth-order valence-electron chi connectivity index (χ4n) is 3.90. The van der Waals surface area contributed by atoms with E-state index in [9.17, 15) is 3.32 Å². The molecule has 0 unspecified atom stereocenters. The summed E-state index contributed by atoms with van der Waals surface area (Å²) in [7, 11) is 0. The monoisotopic (exact) mass is 436 g/mol. The average molecular weight is 437 g/mol. The minimum absolute atomic E-state index is 0.622.